The van der Waals surface area contributed by atoms with Crippen LogP contribution in [0.15, 0.2) is 48.8 Å². The van der Waals surface area contributed by atoms with Crippen LogP contribution in [0.1, 0.15) is 89.8 Å². The zero-order valence-electron chi connectivity index (χ0n) is 29.6. The lowest BCUT2D eigenvalue weighted by atomic mass is 10.0. The van der Waals surface area contributed by atoms with Gasteiger partial charge >= 0.3 is 12.1 Å². The van der Waals surface area contributed by atoms with Gasteiger partial charge in [0.15, 0.2) is 0 Å². The number of carbonyl (C=O) groups is 4. The number of para-hydroxylation sites is 2. The van der Waals surface area contributed by atoms with Crippen LogP contribution >= 0.6 is 0 Å². The molecular weight excluding hydrogens is 652 g/mol. The third kappa shape index (κ3) is 8.74. The molecule has 2 unspecified atom stereocenters. The van der Waals surface area contributed by atoms with Gasteiger partial charge in [-0.1, -0.05) is 50.3 Å². The fourth-order valence-electron chi connectivity index (χ4n) is 7.25. The van der Waals surface area contributed by atoms with Crippen LogP contribution in [0.2, 0.25) is 0 Å². The standard InChI is InChI=1S/C38H48N6O7/c1-37(2,3)51-36(49)42-30-16-8-6-4-5-7-13-25-21-38(25,35(47)48)43-32(45)31-20-26(23-44(31)34(30)46)50-33-29(18-17-24-12-11-19-39-22-24)40-27-14-9-10-15-28(27)41-33/h9-12,14-15,19,22,25-26,30-31H,4-8,13,16-18,20-21,23H2,1-3H3,(H,42,49)(H,43,45)(H,47,48)/t25?,26-,30+,31+,38?/m1/s1. The third-order valence-electron chi connectivity index (χ3n) is 9.97. The van der Waals surface area contributed by atoms with E-state index in [1.807, 2.05) is 36.4 Å². The molecule has 0 bridgehead atoms. The molecule has 13 nitrogen and oxygen atoms in total. The number of nitrogens with one attached hydrogen (secondary N) is 2. The summed E-state index contributed by atoms with van der Waals surface area (Å²) in [4.78, 5) is 69.2. The van der Waals surface area contributed by atoms with E-state index in [1.54, 1.807) is 33.2 Å². The number of carboxylic acid groups (broad SMARTS) is 1. The first-order valence-corrected chi connectivity index (χ1v) is 18.1. The average molecular weight is 701 g/mol. The van der Waals surface area contributed by atoms with Gasteiger partial charge in [0.2, 0.25) is 17.7 Å². The zero-order valence-corrected chi connectivity index (χ0v) is 29.6. The second-order valence-corrected chi connectivity index (χ2v) is 15.0. The molecule has 1 aliphatic carbocycles. The van der Waals surface area contributed by atoms with Crippen molar-refractivity contribution in [2.75, 3.05) is 6.54 Å². The molecular formula is C38H48N6O7. The van der Waals surface area contributed by atoms with Crippen LogP contribution in [0.25, 0.3) is 11.0 Å². The van der Waals surface area contributed by atoms with Gasteiger partial charge < -0.3 is 30.1 Å². The molecule has 4 heterocycles. The molecule has 3 aliphatic rings. The maximum absolute atomic E-state index is 14.4. The van der Waals surface area contributed by atoms with Gasteiger partial charge in [-0.2, -0.15) is 0 Å². The largest absolute Gasteiger partial charge is 0.479 e. The molecule has 5 atom stereocenters. The lowest BCUT2D eigenvalue weighted by molar-refractivity contribution is -0.146. The highest BCUT2D eigenvalue weighted by Gasteiger charge is 2.62. The van der Waals surface area contributed by atoms with Gasteiger partial charge in [0.1, 0.15) is 35.0 Å². The minimum atomic E-state index is -1.36. The highest BCUT2D eigenvalue weighted by atomic mass is 16.6. The number of rotatable bonds is 7. The number of aliphatic carboxylic acids is 1. The van der Waals surface area contributed by atoms with Gasteiger partial charge in [-0.25, -0.2) is 19.6 Å². The number of hydrogen-bond donors (Lipinski definition) is 3. The van der Waals surface area contributed by atoms with Crippen LogP contribution in [0.3, 0.4) is 0 Å². The predicted octanol–water partition coefficient (Wildman–Crippen LogP) is 4.76. The van der Waals surface area contributed by atoms with E-state index in [0.29, 0.717) is 61.1 Å². The minimum Gasteiger partial charge on any atom is -0.479 e. The van der Waals surface area contributed by atoms with E-state index < -0.39 is 53.2 Å². The number of carboxylic acids is 1. The summed E-state index contributed by atoms with van der Waals surface area (Å²) in [6.07, 6.45) is 9.08. The predicted molar refractivity (Wildman–Crippen MR) is 188 cm³/mol. The zero-order chi connectivity index (χ0) is 36.2. The van der Waals surface area contributed by atoms with Gasteiger partial charge in [0, 0.05) is 18.8 Å². The van der Waals surface area contributed by atoms with Crippen LogP contribution in [-0.4, -0.2) is 84.7 Å². The molecule has 3 fully saturated rings. The summed E-state index contributed by atoms with van der Waals surface area (Å²) in [6, 6.07) is 9.39. The van der Waals surface area contributed by atoms with Crippen LogP contribution in [0, 0.1) is 5.92 Å². The number of pyridine rings is 1. The monoisotopic (exact) mass is 700 g/mol. The Morgan fingerprint density at radius 2 is 1.73 bits per heavy atom. The summed E-state index contributed by atoms with van der Waals surface area (Å²) in [7, 11) is 0. The van der Waals surface area contributed by atoms with Crippen LogP contribution in [0.5, 0.6) is 5.88 Å². The number of fused-ring (bicyclic) bond motifs is 3. The van der Waals surface area contributed by atoms with Crippen molar-refractivity contribution in [2.24, 2.45) is 5.92 Å². The highest BCUT2D eigenvalue weighted by molar-refractivity contribution is 5.96. The molecule has 2 aliphatic heterocycles. The molecule has 3 aromatic rings. The normalized spacial score (nSPS) is 25.8. The Morgan fingerprint density at radius 3 is 2.43 bits per heavy atom. The second-order valence-electron chi connectivity index (χ2n) is 15.0. The van der Waals surface area contributed by atoms with Crippen LogP contribution in [0.4, 0.5) is 4.79 Å². The summed E-state index contributed by atoms with van der Waals surface area (Å²) >= 11 is 0. The molecule has 1 saturated carbocycles. The molecule has 0 spiro atoms. The molecule has 51 heavy (non-hydrogen) atoms. The molecule has 272 valence electrons. The van der Waals surface area contributed by atoms with E-state index in [0.717, 1.165) is 31.2 Å². The Balaban J connectivity index is 1.29. The van der Waals surface area contributed by atoms with Gasteiger partial charge in [-0.05, 0) is 82.6 Å². The third-order valence-corrected chi connectivity index (χ3v) is 9.97. The molecule has 2 saturated heterocycles. The van der Waals surface area contributed by atoms with Crippen molar-refractivity contribution in [2.45, 2.75) is 121 Å². The second kappa shape index (κ2) is 15.2. The fourth-order valence-corrected chi connectivity index (χ4v) is 7.25. The van der Waals surface area contributed by atoms with Crippen LogP contribution in [-0.2, 0) is 32.0 Å². The summed E-state index contributed by atoms with van der Waals surface area (Å²) in [5.74, 6) is -1.92. The number of aromatic nitrogens is 3. The van der Waals surface area contributed by atoms with E-state index in [9.17, 15) is 24.3 Å². The van der Waals surface area contributed by atoms with Crippen molar-refractivity contribution in [1.82, 2.24) is 30.5 Å². The molecule has 3 N–H and O–H groups in total. The summed E-state index contributed by atoms with van der Waals surface area (Å²) in [5, 5.41) is 15.8. The SMILES string of the molecule is CC(C)(C)OC(=O)N[C@H]1CCCCCCCC2CC2(C(=O)O)NC(=O)[C@@H]2C[C@@H](Oc3nc4ccccc4nc3CCc3cccnc3)CN2C1=O. The first kappa shape index (κ1) is 36.0. The van der Waals surface area contributed by atoms with Crippen LogP contribution < -0.4 is 15.4 Å². The van der Waals surface area contributed by atoms with Gasteiger partial charge in [0.05, 0.1) is 17.6 Å². The van der Waals surface area contributed by atoms with E-state index in [1.165, 1.54) is 4.90 Å². The summed E-state index contributed by atoms with van der Waals surface area (Å²) in [6.45, 7) is 5.27. The van der Waals surface area contributed by atoms with Crippen molar-refractivity contribution in [1.29, 1.82) is 0 Å². The van der Waals surface area contributed by atoms with Gasteiger partial charge in [-0.15, -0.1) is 0 Å². The maximum Gasteiger partial charge on any atom is 0.408 e. The Hall–Kier alpha value is -4.81. The van der Waals surface area contributed by atoms with E-state index in [-0.39, 0.29) is 18.9 Å². The van der Waals surface area contributed by atoms with E-state index in [2.05, 4.69) is 15.6 Å². The minimum absolute atomic E-state index is 0.0312. The molecule has 3 amide bonds. The van der Waals surface area contributed by atoms with Crippen molar-refractivity contribution in [3.05, 3.63) is 60.0 Å². The number of aryl methyl sites for hydroxylation is 2. The lowest BCUT2D eigenvalue weighted by Crippen LogP contribution is -2.56. The molecule has 13 heteroatoms. The van der Waals surface area contributed by atoms with Gasteiger partial charge in [-0.3, -0.25) is 14.6 Å². The maximum atomic E-state index is 14.4. The molecule has 0 radical (unpaired) electrons. The van der Waals surface area contributed by atoms with Crippen molar-refractivity contribution in [3.8, 4) is 5.88 Å². The summed E-state index contributed by atoms with van der Waals surface area (Å²) in [5.41, 5.74) is 0.888. The number of ether oxygens (including phenoxy) is 2. The number of hydrogen-bond acceptors (Lipinski definition) is 9. The number of nitrogens with zero attached hydrogens (tertiary/aromatic N) is 4. The van der Waals surface area contributed by atoms with E-state index in [4.69, 9.17) is 19.4 Å². The Labute approximate surface area is 297 Å². The Kier molecular flexibility index (Phi) is 10.7. The Morgan fingerprint density at radius 1 is 1.00 bits per heavy atom. The highest BCUT2D eigenvalue weighted by Crippen LogP contribution is 2.47. The first-order valence-electron chi connectivity index (χ1n) is 18.1. The average Bonchev–Trinajstić information content (AvgIpc) is 3.62. The van der Waals surface area contributed by atoms with E-state index >= 15 is 0 Å². The fraction of sp³-hybridized carbons (Fsp3) is 0.553. The smallest absolute Gasteiger partial charge is 0.408 e. The Bertz CT molecular complexity index is 1750. The lowest BCUT2D eigenvalue weighted by Gasteiger charge is -2.30. The topological polar surface area (TPSA) is 173 Å². The number of benzene rings is 1. The number of alkyl carbamates (subject to hydrolysis) is 1. The summed E-state index contributed by atoms with van der Waals surface area (Å²) < 4.78 is 12.0. The van der Waals surface area contributed by atoms with Crippen molar-refractivity contribution < 1.29 is 33.8 Å². The van der Waals surface area contributed by atoms with Gasteiger partial charge in [0.25, 0.3) is 0 Å². The van der Waals surface area contributed by atoms with Crippen molar-refractivity contribution in [3.63, 3.8) is 0 Å². The number of carbonyl (C=O) groups excluding carboxylic acids is 3. The number of amides is 3. The molecule has 6 rings (SSSR count). The molecule has 1 aromatic carbocycles. The molecule has 2 aromatic heterocycles. The first-order chi connectivity index (χ1) is 24.4. The quantitative estimate of drug-likeness (QED) is 0.312. The van der Waals surface area contributed by atoms with Crippen molar-refractivity contribution >= 4 is 34.9 Å².